The SMILES string of the molecule is NCC#Cc1ccc(F)c(C(=O)Nc2ccc(Cl)cn2)c1. The van der Waals surface area contributed by atoms with Crippen LogP contribution in [0.5, 0.6) is 0 Å². The smallest absolute Gasteiger partial charge is 0.259 e. The lowest BCUT2D eigenvalue weighted by atomic mass is 10.1. The molecule has 0 saturated carbocycles. The molecule has 1 aromatic carbocycles. The highest BCUT2D eigenvalue weighted by Crippen LogP contribution is 2.14. The summed E-state index contributed by atoms with van der Waals surface area (Å²) in [5, 5.41) is 2.93. The largest absolute Gasteiger partial charge is 0.320 e. The van der Waals surface area contributed by atoms with Gasteiger partial charge in [-0.2, -0.15) is 0 Å². The number of nitrogens with zero attached hydrogens (tertiary/aromatic N) is 1. The van der Waals surface area contributed by atoms with Crippen LogP contribution in [-0.4, -0.2) is 17.4 Å². The number of halogens is 2. The van der Waals surface area contributed by atoms with Crippen LogP contribution in [0.1, 0.15) is 15.9 Å². The van der Waals surface area contributed by atoms with Gasteiger partial charge in [-0.05, 0) is 30.3 Å². The Bertz CT molecular complexity index is 720. The average molecular weight is 304 g/mol. The quantitative estimate of drug-likeness (QED) is 0.837. The molecule has 0 radical (unpaired) electrons. The van der Waals surface area contributed by atoms with Crippen LogP contribution in [0.2, 0.25) is 5.02 Å². The zero-order chi connectivity index (χ0) is 15.2. The number of nitrogens with one attached hydrogen (secondary N) is 1. The number of hydrogen-bond acceptors (Lipinski definition) is 3. The van der Waals surface area contributed by atoms with Crippen molar-refractivity contribution in [3.8, 4) is 11.8 Å². The molecule has 0 unspecified atom stereocenters. The van der Waals surface area contributed by atoms with Gasteiger partial charge < -0.3 is 11.1 Å². The van der Waals surface area contributed by atoms with Crippen molar-refractivity contribution in [3.63, 3.8) is 0 Å². The highest BCUT2D eigenvalue weighted by Gasteiger charge is 2.13. The summed E-state index contributed by atoms with van der Waals surface area (Å²) in [6.45, 7) is 0.188. The number of hydrogen-bond donors (Lipinski definition) is 2. The summed E-state index contributed by atoms with van der Waals surface area (Å²) in [6, 6.07) is 7.13. The first-order valence-corrected chi connectivity index (χ1v) is 6.39. The Morgan fingerprint density at radius 3 is 2.86 bits per heavy atom. The van der Waals surface area contributed by atoms with Gasteiger partial charge in [0.2, 0.25) is 0 Å². The van der Waals surface area contributed by atoms with Crippen LogP contribution in [0.25, 0.3) is 0 Å². The molecule has 1 amide bonds. The summed E-state index contributed by atoms with van der Waals surface area (Å²) in [7, 11) is 0. The zero-order valence-corrected chi connectivity index (χ0v) is 11.6. The van der Waals surface area contributed by atoms with E-state index in [1.165, 1.54) is 30.5 Å². The van der Waals surface area contributed by atoms with Gasteiger partial charge in [0, 0.05) is 11.8 Å². The third-order valence-electron chi connectivity index (χ3n) is 2.51. The molecule has 3 N–H and O–H groups in total. The molecule has 2 aromatic rings. The number of carbonyl (C=O) groups excluding carboxylic acids is 1. The molecule has 106 valence electrons. The lowest BCUT2D eigenvalue weighted by Gasteiger charge is -2.06. The fourth-order valence-corrected chi connectivity index (χ4v) is 1.68. The van der Waals surface area contributed by atoms with Crippen LogP contribution in [-0.2, 0) is 0 Å². The molecule has 2 rings (SSSR count). The minimum absolute atomic E-state index is 0.115. The van der Waals surface area contributed by atoms with Crippen molar-refractivity contribution in [3.05, 3.63) is 58.5 Å². The van der Waals surface area contributed by atoms with Gasteiger partial charge >= 0.3 is 0 Å². The van der Waals surface area contributed by atoms with Gasteiger partial charge in [0.1, 0.15) is 11.6 Å². The van der Waals surface area contributed by atoms with Gasteiger partial charge in [0.15, 0.2) is 0 Å². The predicted molar refractivity (Wildman–Crippen MR) is 79.5 cm³/mol. The average Bonchev–Trinajstić information content (AvgIpc) is 2.48. The molecule has 4 nitrogen and oxygen atoms in total. The molecule has 6 heteroatoms. The van der Waals surface area contributed by atoms with E-state index in [1.54, 1.807) is 6.07 Å². The number of anilines is 1. The molecule has 21 heavy (non-hydrogen) atoms. The summed E-state index contributed by atoms with van der Waals surface area (Å²) < 4.78 is 13.7. The van der Waals surface area contributed by atoms with E-state index in [0.717, 1.165) is 0 Å². The fourth-order valence-electron chi connectivity index (χ4n) is 1.56. The first kappa shape index (κ1) is 15.0. The van der Waals surface area contributed by atoms with E-state index in [4.69, 9.17) is 17.3 Å². The van der Waals surface area contributed by atoms with Gasteiger partial charge in [-0.1, -0.05) is 23.4 Å². The molecular formula is C15H11ClFN3O. The van der Waals surface area contributed by atoms with Crippen molar-refractivity contribution < 1.29 is 9.18 Å². The molecular weight excluding hydrogens is 293 g/mol. The molecule has 0 spiro atoms. The Balaban J connectivity index is 2.23. The minimum Gasteiger partial charge on any atom is -0.320 e. The van der Waals surface area contributed by atoms with Crippen LogP contribution in [0.4, 0.5) is 10.2 Å². The minimum atomic E-state index is -0.639. The Morgan fingerprint density at radius 2 is 2.19 bits per heavy atom. The highest BCUT2D eigenvalue weighted by atomic mass is 35.5. The van der Waals surface area contributed by atoms with Crippen molar-refractivity contribution in [2.75, 3.05) is 11.9 Å². The van der Waals surface area contributed by atoms with Crippen LogP contribution < -0.4 is 11.1 Å². The lowest BCUT2D eigenvalue weighted by molar-refractivity contribution is 0.102. The standard InChI is InChI=1S/C15H11ClFN3O/c16-11-4-6-14(19-9-11)20-15(21)12-8-10(2-1-7-18)3-5-13(12)17/h3-6,8-9H,7,18H2,(H,19,20,21). The second-order valence-corrected chi connectivity index (χ2v) is 4.45. The summed E-state index contributed by atoms with van der Waals surface area (Å²) in [5.74, 6) is 4.41. The second kappa shape index (κ2) is 6.84. The number of pyridine rings is 1. The molecule has 0 aliphatic rings. The monoisotopic (exact) mass is 303 g/mol. The number of benzene rings is 1. The number of carbonyl (C=O) groups is 1. The molecule has 0 bridgehead atoms. The molecule has 0 aliphatic heterocycles. The van der Waals surface area contributed by atoms with Gasteiger partial charge in [0.05, 0.1) is 17.1 Å². The van der Waals surface area contributed by atoms with Crippen molar-refractivity contribution in [2.24, 2.45) is 5.73 Å². The fraction of sp³-hybridized carbons (Fsp3) is 0.0667. The highest BCUT2D eigenvalue weighted by molar-refractivity contribution is 6.30. The van der Waals surface area contributed by atoms with Gasteiger partial charge in [-0.3, -0.25) is 4.79 Å². The van der Waals surface area contributed by atoms with Crippen molar-refractivity contribution in [2.45, 2.75) is 0 Å². The van der Waals surface area contributed by atoms with E-state index in [2.05, 4.69) is 22.1 Å². The Morgan fingerprint density at radius 1 is 1.38 bits per heavy atom. The summed E-state index contributed by atoms with van der Waals surface area (Å²) >= 11 is 5.70. The van der Waals surface area contributed by atoms with Crippen molar-refractivity contribution >= 4 is 23.3 Å². The summed E-state index contributed by atoms with van der Waals surface area (Å²) in [6.07, 6.45) is 1.39. The van der Waals surface area contributed by atoms with Crippen LogP contribution >= 0.6 is 11.6 Å². The first-order valence-electron chi connectivity index (χ1n) is 6.01. The maximum atomic E-state index is 13.7. The van der Waals surface area contributed by atoms with E-state index in [1.807, 2.05) is 0 Å². The second-order valence-electron chi connectivity index (χ2n) is 4.02. The number of nitrogens with two attached hydrogens (primary N) is 1. The topological polar surface area (TPSA) is 68.0 Å². The van der Waals surface area contributed by atoms with Crippen LogP contribution in [0.15, 0.2) is 36.5 Å². The summed E-state index contributed by atoms with van der Waals surface area (Å²) in [4.78, 5) is 16.0. The number of amides is 1. The van der Waals surface area contributed by atoms with Crippen molar-refractivity contribution in [1.29, 1.82) is 0 Å². The van der Waals surface area contributed by atoms with E-state index < -0.39 is 11.7 Å². The zero-order valence-electron chi connectivity index (χ0n) is 10.9. The Labute approximate surface area is 126 Å². The van der Waals surface area contributed by atoms with Gasteiger partial charge in [-0.15, -0.1) is 0 Å². The third-order valence-corrected chi connectivity index (χ3v) is 2.74. The van der Waals surface area contributed by atoms with E-state index in [-0.39, 0.29) is 17.9 Å². The maximum absolute atomic E-state index is 13.7. The normalized spacial score (nSPS) is 9.67. The van der Waals surface area contributed by atoms with Crippen molar-refractivity contribution in [1.82, 2.24) is 4.98 Å². The molecule has 0 saturated heterocycles. The van der Waals surface area contributed by atoms with Crippen LogP contribution in [0.3, 0.4) is 0 Å². The van der Waals surface area contributed by atoms with E-state index in [9.17, 15) is 9.18 Å². The van der Waals surface area contributed by atoms with Gasteiger partial charge in [0.25, 0.3) is 5.91 Å². The van der Waals surface area contributed by atoms with Crippen LogP contribution in [0, 0.1) is 17.7 Å². The molecule has 1 heterocycles. The molecule has 0 atom stereocenters. The first-order chi connectivity index (χ1) is 10.1. The molecule has 0 fully saturated rings. The molecule has 0 aliphatic carbocycles. The van der Waals surface area contributed by atoms with E-state index in [0.29, 0.717) is 10.6 Å². The van der Waals surface area contributed by atoms with E-state index >= 15 is 0 Å². The molecule has 1 aromatic heterocycles. The Hall–Kier alpha value is -2.42. The number of rotatable bonds is 2. The summed E-state index contributed by atoms with van der Waals surface area (Å²) in [5.41, 5.74) is 5.67. The maximum Gasteiger partial charge on any atom is 0.259 e. The third kappa shape index (κ3) is 4.02. The number of aromatic nitrogens is 1. The predicted octanol–water partition coefficient (Wildman–Crippen LogP) is 2.44. The lowest BCUT2D eigenvalue weighted by Crippen LogP contribution is -2.14. The van der Waals surface area contributed by atoms with Gasteiger partial charge in [-0.25, -0.2) is 9.37 Å². The Kier molecular flexibility index (Phi) is 4.88.